The quantitative estimate of drug-likeness (QED) is 0.539. The van der Waals surface area contributed by atoms with Crippen molar-refractivity contribution in [3.63, 3.8) is 0 Å². The second-order valence-corrected chi connectivity index (χ2v) is 6.28. The Bertz CT molecular complexity index is 1000. The van der Waals surface area contributed by atoms with Crippen molar-refractivity contribution in [1.82, 2.24) is 20.4 Å². The molecule has 0 aliphatic heterocycles. The highest BCUT2D eigenvalue weighted by Crippen LogP contribution is 2.13. The second-order valence-electron chi connectivity index (χ2n) is 6.28. The molecule has 0 aliphatic rings. The van der Waals surface area contributed by atoms with Crippen molar-refractivity contribution in [2.75, 3.05) is 26.9 Å². The maximum absolute atomic E-state index is 12.5. The predicted octanol–water partition coefficient (Wildman–Crippen LogP) is 1.92. The van der Waals surface area contributed by atoms with E-state index in [2.05, 4.69) is 15.7 Å². The smallest absolute Gasteiger partial charge is 0.315 e. The van der Waals surface area contributed by atoms with Crippen molar-refractivity contribution in [3.8, 4) is 5.75 Å². The van der Waals surface area contributed by atoms with Crippen LogP contribution in [-0.4, -0.2) is 42.7 Å². The number of ether oxygens (including phenoxy) is 2. The number of benzene rings is 2. The molecule has 1 heterocycles. The van der Waals surface area contributed by atoms with Crippen LogP contribution >= 0.6 is 0 Å². The summed E-state index contributed by atoms with van der Waals surface area (Å²) in [6, 6.07) is 16.3. The molecule has 0 spiro atoms. The Morgan fingerprint density at radius 2 is 1.72 bits per heavy atom. The molecule has 0 bridgehead atoms. The summed E-state index contributed by atoms with van der Waals surface area (Å²) in [5, 5.41) is 11.2. The average molecular weight is 396 g/mol. The molecule has 152 valence electrons. The Morgan fingerprint density at radius 1 is 1.00 bits per heavy atom. The summed E-state index contributed by atoms with van der Waals surface area (Å²) in [4.78, 5) is 24.6. The molecule has 8 heteroatoms. The molecular weight excluding hydrogens is 372 g/mol. The lowest BCUT2D eigenvalue weighted by Crippen LogP contribution is -2.38. The molecule has 0 aliphatic carbocycles. The topological polar surface area (TPSA) is 94.5 Å². The molecular formula is C21H24N4O4. The Hall–Kier alpha value is -3.39. The van der Waals surface area contributed by atoms with E-state index in [1.54, 1.807) is 19.2 Å². The third-order valence-electron chi connectivity index (χ3n) is 4.27. The lowest BCUT2D eigenvalue weighted by Gasteiger charge is -2.12. The Labute approximate surface area is 168 Å². The molecule has 8 nitrogen and oxygen atoms in total. The summed E-state index contributed by atoms with van der Waals surface area (Å²) in [6.45, 7) is 1.64. The van der Waals surface area contributed by atoms with Gasteiger partial charge in [-0.1, -0.05) is 36.4 Å². The lowest BCUT2D eigenvalue weighted by molar-refractivity contribution is 0.181. The molecule has 0 radical (unpaired) electrons. The highest BCUT2D eigenvalue weighted by molar-refractivity contribution is 5.84. The van der Waals surface area contributed by atoms with Crippen LogP contribution in [0, 0.1) is 0 Å². The van der Waals surface area contributed by atoms with Gasteiger partial charge in [-0.05, 0) is 18.2 Å². The molecule has 0 unspecified atom stereocenters. The number of carbonyl (C=O) groups excluding carboxylic acids is 1. The SMILES string of the molecule is COCCn1nc(CNC(=O)NCCOc2ccccc2)c2ccccc2c1=O. The minimum Gasteiger partial charge on any atom is -0.492 e. The van der Waals surface area contributed by atoms with Gasteiger partial charge in [0.1, 0.15) is 12.4 Å². The van der Waals surface area contributed by atoms with Crippen molar-refractivity contribution >= 4 is 16.8 Å². The van der Waals surface area contributed by atoms with Crippen LogP contribution in [0.4, 0.5) is 4.79 Å². The number of hydrogen-bond donors (Lipinski definition) is 2. The molecule has 3 aromatic rings. The number of methoxy groups -OCH3 is 1. The van der Waals surface area contributed by atoms with Crippen LogP contribution in [0.1, 0.15) is 5.69 Å². The summed E-state index contributed by atoms with van der Waals surface area (Å²) >= 11 is 0. The monoisotopic (exact) mass is 396 g/mol. The summed E-state index contributed by atoms with van der Waals surface area (Å²) in [7, 11) is 1.57. The van der Waals surface area contributed by atoms with Crippen LogP contribution < -0.4 is 20.9 Å². The van der Waals surface area contributed by atoms with E-state index in [4.69, 9.17) is 9.47 Å². The number of hydrogen-bond acceptors (Lipinski definition) is 5. The molecule has 2 amide bonds. The largest absolute Gasteiger partial charge is 0.492 e. The normalized spacial score (nSPS) is 10.7. The van der Waals surface area contributed by atoms with Gasteiger partial charge in [0.25, 0.3) is 5.56 Å². The van der Waals surface area contributed by atoms with Gasteiger partial charge in [0, 0.05) is 12.5 Å². The zero-order valence-corrected chi connectivity index (χ0v) is 16.3. The summed E-state index contributed by atoms with van der Waals surface area (Å²) < 4.78 is 12.0. The molecule has 3 rings (SSSR count). The van der Waals surface area contributed by atoms with Gasteiger partial charge >= 0.3 is 6.03 Å². The van der Waals surface area contributed by atoms with Crippen molar-refractivity contribution in [3.05, 3.63) is 70.6 Å². The van der Waals surface area contributed by atoms with E-state index in [0.717, 1.165) is 11.1 Å². The number of rotatable bonds is 9. The molecule has 0 saturated heterocycles. The minimum absolute atomic E-state index is 0.177. The second kappa shape index (κ2) is 10.2. The molecule has 0 saturated carbocycles. The predicted molar refractivity (Wildman–Crippen MR) is 110 cm³/mol. The maximum Gasteiger partial charge on any atom is 0.315 e. The number of fused-ring (bicyclic) bond motifs is 1. The number of urea groups is 1. The Balaban J connectivity index is 1.58. The molecule has 0 atom stereocenters. The van der Waals surface area contributed by atoms with Gasteiger partial charge in [-0.3, -0.25) is 4.79 Å². The fourth-order valence-corrected chi connectivity index (χ4v) is 2.84. The van der Waals surface area contributed by atoms with E-state index in [0.29, 0.717) is 37.4 Å². The van der Waals surface area contributed by atoms with Gasteiger partial charge in [-0.25, -0.2) is 9.48 Å². The van der Waals surface area contributed by atoms with Gasteiger partial charge in [-0.15, -0.1) is 0 Å². The summed E-state index contributed by atoms with van der Waals surface area (Å²) in [6.07, 6.45) is 0. The first-order valence-corrected chi connectivity index (χ1v) is 9.36. The first-order valence-electron chi connectivity index (χ1n) is 9.36. The van der Waals surface area contributed by atoms with E-state index in [1.807, 2.05) is 42.5 Å². The Morgan fingerprint density at radius 3 is 2.48 bits per heavy atom. The number of nitrogens with zero attached hydrogens (tertiary/aromatic N) is 2. The number of aromatic nitrogens is 2. The van der Waals surface area contributed by atoms with Crippen molar-refractivity contribution in [2.24, 2.45) is 0 Å². The molecule has 2 aromatic carbocycles. The van der Waals surface area contributed by atoms with E-state index in [-0.39, 0.29) is 18.1 Å². The standard InChI is InChI=1S/C21H24N4O4/c1-28-14-12-25-20(26)18-10-6-5-9-17(18)19(24-25)15-23-21(27)22-11-13-29-16-7-3-2-4-8-16/h2-10H,11-15H2,1H3,(H2,22,23,27). The van der Waals surface area contributed by atoms with Crippen LogP contribution in [0.25, 0.3) is 10.8 Å². The third-order valence-corrected chi connectivity index (χ3v) is 4.27. The zero-order chi connectivity index (χ0) is 20.5. The van der Waals surface area contributed by atoms with Crippen molar-refractivity contribution in [2.45, 2.75) is 13.1 Å². The fraction of sp³-hybridized carbons (Fsp3) is 0.286. The highest BCUT2D eigenvalue weighted by Gasteiger charge is 2.11. The number of para-hydroxylation sites is 1. The molecule has 29 heavy (non-hydrogen) atoms. The van der Waals surface area contributed by atoms with Crippen LogP contribution in [0.5, 0.6) is 5.75 Å². The molecule has 0 fully saturated rings. The van der Waals surface area contributed by atoms with Crippen molar-refractivity contribution < 1.29 is 14.3 Å². The van der Waals surface area contributed by atoms with E-state index >= 15 is 0 Å². The average Bonchev–Trinajstić information content (AvgIpc) is 2.76. The van der Waals surface area contributed by atoms with Gasteiger partial charge in [0.15, 0.2) is 0 Å². The lowest BCUT2D eigenvalue weighted by atomic mass is 10.1. The van der Waals surface area contributed by atoms with Crippen LogP contribution in [-0.2, 0) is 17.8 Å². The number of nitrogens with one attached hydrogen (secondary N) is 2. The molecule has 1 aromatic heterocycles. The first kappa shape index (κ1) is 20.3. The van der Waals surface area contributed by atoms with Gasteiger partial charge < -0.3 is 20.1 Å². The van der Waals surface area contributed by atoms with E-state index in [1.165, 1.54) is 4.68 Å². The van der Waals surface area contributed by atoms with Crippen LogP contribution in [0.3, 0.4) is 0 Å². The zero-order valence-electron chi connectivity index (χ0n) is 16.3. The number of amides is 2. The van der Waals surface area contributed by atoms with Gasteiger partial charge in [-0.2, -0.15) is 5.10 Å². The third kappa shape index (κ3) is 5.55. The minimum atomic E-state index is -0.331. The van der Waals surface area contributed by atoms with Gasteiger partial charge in [0.2, 0.25) is 0 Å². The van der Waals surface area contributed by atoms with Crippen LogP contribution in [0.15, 0.2) is 59.4 Å². The summed E-state index contributed by atoms with van der Waals surface area (Å²) in [5.74, 6) is 0.753. The molecule has 2 N–H and O–H groups in total. The number of carbonyl (C=O) groups is 1. The highest BCUT2D eigenvalue weighted by atomic mass is 16.5. The Kier molecular flexibility index (Phi) is 7.18. The summed E-state index contributed by atoms with van der Waals surface area (Å²) in [5.41, 5.74) is 0.441. The first-order chi connectivity index (χ1) is 14.2. The van der Waals surface area contributed by atoms with E-state index in [9.17, 15) is 9.59 Å². The van der Waals surface area contributed by atoms with Crippen molar-refractivity contribution in [1.29, 1.82) is 0 Å². The van der Waals surface area contributed by atoms with Crippen LogP contribution in [0.2, 0.25) is 0 Å². The van der Waals surface area contributed by atoms with E-state index < -0.39 is 0 Å². The fourth-order valence-electron chi connectivity index (χ4n) is 2.84. The maximum atomic E-state index is 12.5. The van der Waals surface area contributed by atoms with Gasteiger partial charge in [0.05, 0.1) is 37.3 Å².